The molecule has 0 spiro atoms. The first-order valence-electron chi connectivity index (χ1n) is 11.2. The molecule has 0 bridgehead atoms. The fraction of sp³-hybridized carbons (Fsp3) is 0.269. The van der Waals surface area contributed by atoms with Gasteiger partial charge < -0.3 is 5.73 Å². The van der Waals surface area contributed by atoms with Crippen molar-refractivity contribution >= 4 is 15.9 Å². The maximum Gasteiger partial charge on any atom is 0.416 e. The fourth-order valence-electron chi connectivity index (χ4n) is 4.70. The van der Waals surface area contributed by atoms with E-state index in [-0.39, 0.29) is 12.0 Å². The Labute approximate surface area is 202 Å². The highest BCUT2D eigenvalue weighted by Gasteiger charge is 2.38. The van der Waals surface area contributed by atoms with E-state index in [0.29, 0.717) is 18.1 Å². The number of aryl methyl sites for hydroxylation is 1. The van der Waals surface area contributed by atoms with Crippen LogP contribution < -0.4 is 10.5 Å². The lowest BCUT2D eigenvalue weighted by molar-refractivity contribution is -0.138. The molecule has 2 unspecified atom stereocenters. The van der Waals surface area contributed by atoms with Crippen LogP contribution >= 0.6 is 0 Å². The monoisotopic (exact) mass is 502 g/mol. The number of hydrogen-bond donors (Lipinski definition) is 2. The summed E-state index contributed by atoms with van der Waals surface area (Å²) in [5.74, 6) is -1.22. The van der Waals surface area contributed by atoms with Crippen molar-refractivity contribution in [2.75, 3.05) is 0 Å². The molecule has 3 N–H and O–H groups in total. The molecule has 0 aromatic heterocycles. The fourth-order valence-corrected chi connectivity index (χ4v) is 5.95. The van der Waals surface area contributed by atoms with Gasteiger partial charge in [-0.15, -0.1) is 0 Å². The van der Waals surface area contributed by atoms with Gasteiger partial charge in [0.15, 0.2) is 0 Å². The van der Waals surface area contributed by atoms with Crippen molar-refractivity contribution < 1.29 is 26.4 Å². The summed E-state index contributed by atoms with van der Waals surface area (Å²) in [5, 5.41) is 0. The van der Waals surface area contributed by atoms with Gasteiger partial charge in [-0.1, -0.05) is 60.7 Å². The second-order valence-electron chi connectivity index (χ2n) is 8.65. The van der Waals surface area contributed by atoms with Gasteiger partial charge in [0.05, 0.1) is 16.5 Å². The summed E-state index contributed by atoms with van der Waals surface area (Å²) in [4.78, 5) is 11.0. The highest BCUT2D eigenvalue weighted by atomic mass is 32.2. The molecule has 0 saturated carbocycles. The van der Waals surface area contributed by atoms with E-state index >= 15 is 0 Å². The number of primary amides is 1. The predicted molar refractivity (Wildman–Crippen MR) is 126 cm³/mol. The van der Waals surface area contributed by atoms with Crippen molar-refractivity contribution in [2.24, 2.45) is 5.73 Å². The average Bonchev–Trinajstić information content (AvgIpc) is 2.82. The molecule has 0 aliphatic heterocycles. The lowest BCUT2D eigenvalue weighted by Gasteiger charge is -2.28. The number of fused-ring (bicyclic) bond motifs is 1. The molecular formula is C26H25F3N2O3S. The minimum atomic E-state index is -4.75. The Kier molecular flexibility index (Phi) is 7.00. The van der Waals surface area contributed by atoms with Gasteiger partial charge in [0.25, 0.3) is 0 Å². The van der Waals surface area contributed by atoms with Gasteiger partial charge in [0.2, 0.25) is 15.9 Å². The van der Waals surface area contributed by atoms with E-state index in [1.165, 1.54) is 12.1 Å². The molecule has 0 heterocycles. The number of amides is 1. The molecule has 3 aromatic rings. The van der Waals surface area contributed by atoms with Crippen LogP contribution in [0.1, 0.15) is 59.0 Å². The molecular weight excluding hydrogens is 477 g/mol. The number of sulfonamides is 1. The van der Waals surface area contributed by atoms with E-state index in [0.717, 1.165) is 24.0 Å². The molecule has 1 amide bonds. The van der Waals surface area contributed by atoms with Gasteiger partial charge in [-0.25, -0.2) is 13.1 Å². The van der Waals surface area contributed by atoms with Gasteiger partial charge >= 0.3 is 6.18 Å². The van der Waals surface area contributed by atoms with E-state index in [9.17, 15) is 26.4 Å². The zero-order valence-corrected chi connectivity index (χ0v) is 19.6. The molecule has 2 atom stereocenters. The number of alkyl halides is 3. The minimum absolute atomic E-state index is 0.0559. The molecule has 1 aliphatic carbocycles. The molecule has 184 valence electrons. The topological polar surface area (TPSA) is 89.3 Å². The third-order valence-electron chi connectivity index (χ3n) is 6.29. The van der Waals surface area contributed by atoms with Gasteiger partial charge in [0.1, 0.15) is 0 Å². The van der Waals surface area contributed by atoms with Crippen LogP contribution in [0.3, 0.4) is 0 Å². The van der Waals surface area contributed by atoms with Crippen LogP contribution in [-0.2, 0) is 27.4 Å². The third kappa shape index (κ3) is 5.57. The van der Waals surface area contributed by atoms with E-state index in [1.54, 1.807) is 36.4 Å². The Morgan fingerprint density at radius 3 is 2.37 bits per heavy atom. The molecule has 0 radical (unpaired) electrons. The SMILES string of the molecule is NC(=O)CC(NS(=O)(=O)c1ccc(C2CCCc3ccccc32)c(C(F)(F)F)c1)c1ccccc1. The van der Waals surface area contributed by atoms with Gasteiger partial charge in [-0.2, -0.15) is 13.2 Å². The molecule has 3 aromatic carbocycles. The smallest absolute Gasteiger partial charge is 0.370 e. The van der Waals surface area contributed by atoms with Crippen LogP contribution in [0.5, 0.6) is 0 Å². The van der Waals surface area contributed by atoms with Crippen molar-refractivity contribution in [1.29, 1.82) is 0 Å². The van der Waals surface area contributed by atoms with Gasteiger partial charge in [-0.3, -0.25) is 4.79 Å². The molecule has 9 heteroatoms. The number of nitrogens with two attached hydrogens (primary N) is 1. The summed E-state index contributed by atoms with van der Waals surface area (Å²) in [7, 11) is -4.40. The highest BCUT2D eigenvalue weighted by Crippen LogP contribution is 2.43. The highest BCUT2D eigenvalue weighted by molar-refractivity contribution is 7.89. The number of carbonyl (C=O) groups is 1. The van der Waals surface area contributed by atoms with Crippen LogP contribution in [0.4, 0.5) is 13.2 Å². The zero-order valence-electron chi connectivity index (χ0n) is 18.8. The first-order chi connectivity index (χ1) is 16.6. The Morgan fingerprint density at radius 1 is 1.00 bits per heavy atom. The van der Waals surface area contributed by atoms with Crippen LogP contribution in [0.25, 0.3) is 0 Å². The lowest BCUT2D eigenvalue weighted by Crippen LogP contribution is -2.32. The molecule has 0 fully saturated rings. The van der Waals surface area contributed by atoms with E-state index in [4.69, 9.17) is 5.73 Å². The summed E-state index contributed by atoms with van der Waals surface area (Å²) in [6.07, 6.45) is -3.01. The first kappa shape index (κ1) is 24.9. The maximum atomic E-state index is 14.2. The Bertz CT molecular complexity index is 1330. The lowest BCUT2D eigenvalue weighted by atomic mass is 9.77. The number of rotatable bonds is 7. The summed E-state index contributed by atoms with van der Waals surface area (Å²) in [6, 6.07) is 17.8. The minimum Gasteiger partial charge on any atom is -0.370 e. The van der Waals surface area contributed by atoms with Crippen LogP contribution in [0.15, 0.2) is 77.7 Å². The second kappa shape index (κ2) is 9.83. The third-order valence-corrected chi connectivity index (χ3v) is 7.76. The van der Waals surface area contributed by atoms with Crippen molar-refractivity contribution in [3.05, 3.63) is 101 Å². The Balaban J connectivity index is 1.74. The van der Waals surface area contributed by atoms with Gasteiger partial charge in [-0.05, 0) is 53.6 Å². The maximum absolute atomic E-state index is 14.2. The first-order valence-corrected chi connectivity index (χ1v) is 12.7. The molecule has 0 saturated heterocycles. The predicted octanol–water partition coefficient (Wildman–Crippen LogP) is 5.07. The van der Waals surface area contributed by atoms with Crippen LogP contribution in [0, 0.1) is 0 Å². The van der Waals surface area contributed by atoms with Crippen molar-refractivity contribution in [1.82, 2.24) is 4.72 Å². The molecule has 5 nitrogen and oxygen atoms in total. The summed E-state index contributed by atoms with van der Waals surface area (Å²) in [5.41, 5.74) is 6.68. The van der Waals surface area contributed by atoms with Crippen molar-refractivity contribution in [3.63, 3.8) is 0 Å². The largest absolute Gasteiger partial charge is 0.416 e. The van der Waals surface area contributed by atoms with E-state index < -0.39 is 44.5 Å². The van der Waals surface area contributed by atoms with Crippen molar-refractivity contribution in [3.8, 4) is 0 Å². The van der Waals surface area contributed by atoms with E-state index in [1.807, 2.05) is 18.2 Å². The van der Waals surface area contributed by atoms with Crippen molar-refractivity contribution in [2.45, 2.75) is 48.7 Å². The number of nitrogens with one attached hydrogen (secondary N) is 1. The molecule has 35 heavy (non-hydrogen) atoms. The molecule has 1 aliphatic rings. The summed E-state index contributed by atoms with van der Waals surface area (Å²) < 4.78 is 71.1. The van der Waals surface area contributed by atoms with Crippen LogP contribution in [-0.4, -0.2) is 14.3 Å². The number of hydrogen-bond acceptors (Lipinski definition) is 3. The molecule has 4 rings (SSSR count). The standard InChI is InChI=1S/C26H25F3N2O3S/c27-26(28,29)23-15-19(13-14-22(23)21-12-6-10-17-7-4-5-11-20(17)21)35(33,34)31-24(16-25(30)32)18-8-2-1-3-9-18/h1-5,7-9,11,13-15,21,24,31H,6,10,12,16H2,(H2,30,32). The number of halogens is 3. The summed E-state index contributed by atoms with van der Waals surface area (Å²) >= 11 is 0. The summed E-state index contributed by atoms with van der Waals surface area (Å²) in [6.45, 7) is 0. The zero-order chi connectivity index (χ0) is 25.2. The Hall–Kier alpha value is -3.17. The average molecular weight is 503 g/mol. The van der Waals surface area contributed by atoms with Gasteiger partial charge in [0, 0.05) is 12.3 Å². The normalized spacial score (nSPS) is 16.9. The Morgan fingerprint density at radius 2 is 1.69 bits per heavy atom. The van der Waals surface area contributed by atoms with Crippen LogP contribution in [0.2, 0.25) is 0 Å². The second-order valence-corrected chi connectivity index (χ2v) is 10.4. The quantitative estimate of drug-likeness (QED) is 0.473. The van der Waals surface area contributed by atoms with E-state index in [2.05, 4.69) is 4.72 Å². The number of benzene rings is 3. The number of carbonyl (C=O) groups excluding carboxylic acids is 1.